The highest BCUT2D eigenvalue weighted by Crippen LogP contribution is 2.32. The fourth-order valence-corrected chi connectivity index (χ4v) is 7.23. The van der Waals surface area contributed by atoms with Crippen LogP contribution < -0.4 is 0 Å². The van der Waals surface area contributed by atoms with E-state index in [2.05, 4.69) is 0 Å². The molecule has 1 heterocycles. The van der Waals surface area contributed by atoms with Crippen molar-refractivity contribution in [2.45, 2.75) is 47.8 Å². The number of nitriles is 1. The second-order valence-corrected chi connectivity index (χ2v) is 10.9. The molecule has 0 saturated carbocycles. The standard InChI is InChI=1S/C20H22N2O4S2/c1-15-10-16(2)12-18(11-15)27(23,24)19-7-6-17(14-21)13-20(19)28(25,26)22-8-4-3-5-9-22/h6-7,10-13H,3-5,8-9H2,1-2H3. The van der Waals surface area contributed by atoms with Gasteiger partial charge < -0.3 is 0 Å². The first-order chi connectivity index (χ1) is 13.2. The van der Waals surface area contributed by atoms with E-state index >= 15 is 0 Å². The van der Waals surface area contributed by atoms with Crippen molar-refractivity contribution in [3.63, 3.8) is 0 Å². The summed E-state index contributed by atoms with van der Waals surface area (Å²) in [6.07, 6.45) is 2.41. The second kappa shape index (κ2) is 7.66. The molecule has 148 valence electrons. The van der Waals surface area contributed by atoms with Gasteiger partial charge in [0.1, 0.15) is 4.90 Å². The van der Waals surface area contributed by atoms with Gasteiger partial charge in [0.15, 0.2) is 0 Å². The van der Waals surface area contributed by atoms with Gasteiger partial charge in [-0.15, -0.1) is 0 Å². The van der Waals surface area contributed by atoms with Gasteiger partial charge in [0.05, 0.1) is 21.4 Å². The number of sulfone groups is 1. The Labute approximate surface area is 166 Å². The summed E-state index contributed by atoms with van der Waals surface area (Å²) in [5.74, 6) is 0. The number of nitrogens with zero attached hydrogens (tertiary/aromatic N) is 2. The van der Waals surface area contributed by atoms with Gasteiger partial charge in [0.25, 0.3) is 0 Å². The van der Waals surface area contributed by atoms with Crippen molar-refractivity contribution < 1.29 is 16.8 Å². The van der Waals surface area contributed by atoms with Crippen molar-refractivity contribution in [2.75, 3.05) is 13.1 Å². The van der Waals surface area contributed by atoms with E-state index in [0.29, 0.717) is 13.1 Å². The number of sulfonamides is 1. The van der Waals surface area contributed by atoms with Gasteiger partial charge in [-0.1, -0.05) is 12.5 Å². The predicted octanol–water partition coefficient (Wildman–Crippen LogP) is 3.18. The average molecular weight is 419 g/mol. The minimum Gasteiger partial charge on any atom is -0.218 e. The Hall–Kier alpha value is -2.21. The summed E-state index contributed by atoms with van der Waals surface area (Å²) >= 11 is 0. The van der Waals surface area contributed by atoms with E-state index in [1.54, 1.807) is 13.8 Å². The number of hydrogen-bond acceptors (Lipinski definition) is 5. The fraction of sp³-hybridized carbons (Fsp3) is 0.350. The molecule has 6 nitrogen and oxygen atoms in total. The molecule has 3 rings (SSSR count). The van der Waals surface area contributed by atoms with E-state index in [4.69, 9.17) is 0 Å². The maximum atomic E-state index is 13.3. The molecule has 0 aromatic heterocycles. The van der Waals surface area contributed by atoms with Crippen molar-refractivity contribution in [1.82, 2.24) is 4.31 Å². The summed E-state index contributed by atoms with van der Waals surface area (Å²) in [5, 5.41) is 9.21. The minimum absolute atomic E-state index is 0.0461. The monoisotopic (exact) mass is 418 g/mol. The highest BCUT2D eigenvalue weighted by molar-refractivity contribution is 7.93. The normalized spacial score (nSPS) is 15.9. The minimum atomic E-state index is -4.08. The van der Waals surface area contributed by atoms with Gasteiger partial charge in [-0.2, -0.15) is 9.57 Å². The van der Waals surface area contributed by atoms with E-state index < -0.39 is 19.9 Å². The van der Waals surface area contributed by atoms with Crippen LogP contribution in [0.1, 0.15) is 36.0 Å². The molecule has 28 heavy (non-hydrogen) atoms. The van der Waals surface area contributed by atoms with Gasteiger partial charge in [-0.25, -0.2) is 16.8 Å². The zero-order valence-corrected chi connectivity index (χ0v) is 17.5. The number of piperidine rings is 1. The highest BCUT2D eigenvalue weighted by atomic mass is 32.2. The van der Waals surface area contributed by atoms with Crippen LogP contribution in [0.25, 0.3) is 0 Å². The molecule has 1 saturated heterocycles. The third-order valence-electron chi connectivity index (χ3n) is 4.80. The third-order valence-corrected chi connectivity index (χ3v) is 8.66. The number of hydrogen-bond donors (Lipinski definition) is 0. The summed E-state index contributed by atoms with van der Waals surface area (Å²) < 4.78 is 54.4. The molecule has 0 spiro atoms. The average Bonchev–Trinajstić information content (AvgIpc) is 2.67. The summed E-state index contributed by atoms with van der Waals surface area (Å²) in [6.45, 7) is 4.27. The fourth-order valence-electron chi connectivity index (χ4n) is 3.46. The summed E-state index contributed by atoms with van der Waals surface area (Å²) in [6, 6.07) is 10.5. The highest BCUT2D eigenvalue weighted by Gasteiger charge is 2.33. The van der Waals surface area contributed by atoms with Gasteiger partial charge >= 0.3 is 0 Å². The van der Waals surface area contributed by atoms with Gasteiger partial charge in [0.2, 0.25) is 19.9 Å². The Morgan fingerprint density at radius 2 is 1.46 bits per heavy atom. The largest absolute Gasteiger partial charge is 0.244 e. The lowest BCUT2D eigenvalue weighted by molar-refractivity contribution is 0.346. The quantitative estimate of drug-likeness (QED) is 0.760. The van der Waals surface area contributed by atoms with E-state index in [9.17, 15) is 22.1 Å². The van der Waals surface area contributed by atoms with Crippen molar-refractivity contribution >= 4 is 19.9 Å². The van der Waals surface area contributed by atoms with Crippen LogP contribution in [-0.4, -0.2) is 34.2 Å². The van der Waals surface area contributed by atoms with E-state index in [0.717, 1.165) is 30.4 Å². The van der Waals surface area contributed by atoms with Crippen molar-refractivity contribution in [2.24, 2.45) is 0 Å². The van der Waals surface area contributed by atoms with Crippen LogP contribution in [0, 0.1) is 25.2 Å². The van der Waals surface area contributed by atoms with E-state index in [1.807, 2.05) is 12.1 Å². The number of aryl methyl sites for hydroxylation is 2. The maximum absolute atomic E-state index is 13.3. The van der Waals surface area contributed by atoms with Crippen LogP contribution in [0.3, 0.4) is 0 Å². The van der Waals surface area contributed by atoms with Crippen molar-refractivity contribution in [1.29, 1.82) is 5.26 Å². The Balaban J connectivity index is 2.23. The molecule has 0 bridgehead atoms. The van der Waals surface area contributed by atoms with Crippen LogP contribution in [0.2, 0.25) is 0 Å². The molecule has 0 unspecified atom stereocenters. The zero-order valence-electron chi connectivity index (χ0n) is 15.8. The topological polar surface area (TPSA) is 95.3 Å². The smallest absolute Gasteiger partial charge is 0.218 e. The first kappa shape index (κ1) is 20.5. The molecular formula is C20H22N2O4S2. The Morgan fingerprint density at radius 3 is 2.04 bits per heavy atom. The Morgan fingerprint density at radius 1 is 0.857 bits per heavy atom. The molecular weight excluding hydrogens is 396 g/mol. The summed E-state index contributed by atoms with van der Waals surface area (Å²) in [5.41, 5.74) is 1.65. The molecule has 1 fully saturated rings. The zero-order chi connectivity index (χ0) is 20.5. The van der Waals surface area contributed by atoms with E-state index in [-0.39, 0.29) is 20.2 Å². The molecule has 1 aliphatic rings. The van der Waals surface area contributed by atoms with Crippen LogP contribution in [0.4, 0.5) is 0 Å². The molecule has 8 heteroatoms. The first-order valence-corrected chi connectivity index (χ1v) is 12.0. The SMILES string of the molecule is Cc1cc(C)cc(S(=O)(=O)c2ccc(C#N)cc2S(=O)(=O)N2CCCCC2)c1. The van der Waals surface area contributed by atoms with Crippen LogP contribution in [0.5, 0.6) is 0 Å². The molecule has 0 amide bonds. The molecule has 2 aromatic carbocycles. The van der Waals surface area contributed by atoms with E-state index in [1.165, 1.54) is 34.6 Å². The van der Waals surface area contributed by atoms with Gasteiger partial charge in [-0.3, -0.25) is 0 Å². The lowest BCUT2D eigenvalue weighted by Gasteiger charge is -2.26. The van der Waals surface area contributed by atoms with Crippen molar-refractivity contribution in [3.8, 4) is 6.07 Å². The molecule has 0 N–H and O–H groups in total. The maximum Gasteiger partial charge on any atom is 0.244 e. The molecule has 0 atom stereocenters. The number of rotatable bonds is 4. The van der Waals surface area contributed by atoms with Gasteiger partial charge in [0, 0.05) is 13.1 Å². The summed E-state index contributed by atoms with van der Waals surface area (Å²) in [7, 11) is -8.11. The Kier molecular flexibility index (Phi) is 5.62. The molecule has 2 aromatic rings. The predicted molar refractivity (Wildman–Crippen MR) is 105 cm³/mol. The Bertz CT molecular complexity index is 1140. The third kappa shape index (κ3) is 3.83. The molecule has 0 aliphatic carbocycles. The van der Waals surface area contributed by atoms with Crippen LogP contribution in [-0.2, 0) is 19.9 Å². The lowest BCUT2D eigenvalue weighted by Crippen LogP contribution is -2.36. The van der Waals surface area contributed by atoms with Crippen LogP contribution in [0.15, 0.2) is 51.1 Å². The number of benzene rings is 2. The lowest BCUT2D eigenvalue weighted by atomic mass is 10.2. The summed E-state index contributed by atoms with van der Waals surface area (Å²) in [4.78, 5) is -0.570. The van der Waals surface area contributed by atoms with Crippen molar-refractivity contribution in [3.05, 3.63) is 53.1 Å². The van der Waals surface area contributed by atoms with Crippen LogP contribution >= 0.6 is 0 Å². The second-order valence-electron chi connectivity index (χ2n) is 7.06. The molecule has 1 aliphatic heterocycles. The molecule has 0 radical (unpaired) electrons. The first-order valence-electron chi connectivity index (χ1n) is 9.04. The van der Waals surface area contributed by atoms with Gasteiger partial charge in [-0.05, 0) is 68.1 Å².